The molecule has 0 heterocycles. The van der Waals surface area contributed by atoms with Crippen LogP contribution in [0.2, 0.25) is 0 Å². The van der Waals surface area contributed by atoms with E-state index in [9.17, 15) is 0 Å². The minimum atomic E-state index is -0.371. The summed E-state index contributed by atoms with van der Waals surface area (Å²) < 4.78 is 0. The van der Waals surface area contributed by atoms with Gasteiger partial charge in [-0.25, -0.2) is 0 Å². The SMILES string of the molecule is CC1=C(c2ccc3c(c2C)-c2ccccc2C3(C2=CC=C=CC=C2)c2cccc(C)c2)CCC=C1. The molecule has 0 saturated carbocycles. The zero-order valence-corrected chi connectivity index (χ0v) is 20.7. The first-order valence-corrected chi connectivity index (χ1v) is 12.6. The van der Waals surface area contributed by atoms with Gasteiger partial charge in [0.05, 0.1) is 5.41 Å². The Morgan fingerprint density at radius 2 is 1.69 bits per heavy atom. The van der Waals surface area contributed by atoms with Crippen molar-refractivity contribution in [3.63, 3.8) is 0 Å². The molecular formula is C35H30. The Hall–Kier alpha value is -3.86. The highest BCUT2D eigenvalue weighted by molar-refractivity contribution is 5.91. The highest BCUT2D eigenvalue weighted by atomic mass is 14.5. The summed E-state index contributed by atoms with van der Waals surface area (Å²) in [6.07, 6.45) is 17.5. The van der Waals surface area contributed by atoms with Crippen molar-refractivity contribution in [1.29, 1.82) is 0 Å². The van der Waals surface area contributed by atoms with Crippen molar-refractivity contribution in [2.75, 3.05) is 0 Å². The summed E-state index contributed by atoms with van der Waals surface area (Å²) in [5.74, 6) is 0. The lowest BCUT2D eigenvalue weighted by molar-refractivity contribution is 0.765. The summed E-state index contributed by atoms with van der Waals surface area (Å²) in [4.78, 5) is 0. The van der Waals surface area contributed by atoms with Crippen LogP contribution in [0.25, 0.3) is 16.7 Å². The van der Waals surface area contributed by atoms with Crippen LogP contribution in [0.1, 0.15) is 53.1 Å². The van der Waals surface area contributed by atoms with Gasteiger partial charge < -0.3 is 0 Å². The first kappa shape index (κ1) is 21.7. The quantitative estimate of drug-likeness (QED) is 0.349. The van der Waals surface area contributed by atoms with E-state index in [1.54, 1.807) is 0 Å². The van der Waals surface area contributed by atoms with E-state index >= 15 is 0 Å². The van der Waals surface area contributed by atoms with E-state index in [0.29, 0.717) is 0 Å². The minimum absolute atomic E-state index is 0.371. The lowest BCUT2D eigenvalue weighted by atomic mass is 9.66. The summed E-state index contributed by atoms with van der Waals surface area (Å²) >= 11 is 0. The predicted octanol–water partition coefficient (Wildman–Crippen LogP) is 8.95. The summed E-state index contributed by atoms with van der Waals surface area (Å²) in [5, 5.41) is 0. The van der Waals surface area contributed by atoms with Crippen molar-refractivity contribution in [1.82, 2.24) is 0 Å². The fourth-order valence-electron chi connectivity index (χ4n) is 6.38. The molecular weight excluding hydrogens is 420 g/mol. The fourth-order valence-corrected chi connectivity index (χ4v) is 6.38. The largest absolute Gasteiger partial charge is 0.121 e. The predicted molar refractivity (Wildman–Crippen MR) is 149 cm³/mol. The Labute approximate surface area is 209 Å². The van der Waals surface area contributed by atoms with Crippen LogP contribution in [-0.2, 0) is 5.41 Å². The lowest BCUT2D eigenvalue weighted by Crippen LogP contribution is -2.29. The van der Waals surface area contributed by atoms with Gasteiger partial charge in [0.15, 0.2) is 0 Å². The third-order valence-electron chi connectivity index (χ3n) is 7.91. The van der Waals surface area contributed by atoms with Gasteiger partial charge in [0.1, 0.15) is 0 Å². The molecule has 0 spiro atoms. The van der Waals surface area contributed by atoms with E-state index in [0.717, 1.165) is 12.8 Å². The van der Waals surface area contributed by atoms with Gasteiger partial charge in [-0.3, -0.25) is 0 Å². The van der Waals surface area contributed by atoms with Crippen LogP contribution in [0.5, 0.6) is 0 Å². The number of hydrogen-bond acceptors (Lipinski definition) is 0. The normalized spacial score (nSPS) is 20.0. The van der Waals surface area contributed by atoms with Gasteiger partial charge in [-0.1, -0.05) is 90.5 Å². The zero-order chi connectivity index (χ0) is 24.0. The van der Waals surface area contributed by atoms with E-state index in [1.807, 2.05) is 6.08 Å². The van der Waals surface area contributed by atoms with Crippen molar-refractivity contribution in [3.8, 4) is 11.1 Å². The van der Waals surface area contributed by atoms with Gasteiger partial charge in [-0.15, -0.1) is 5.73 Å². The van der Waals surface area contributed by atoms with Gasteiger partial charge in [0, 0.05) is 0 Å². The van der Waals surface area contributed by atoms with E-state index in [-0.39, 0.29) is 5.41 Å². The van der Waals surface area contributed by atoms with Crippen molar-refractivity contribution in [2.24, 2.45) is 0 Å². The molecule has 0 aromatic heterocycles. The molecule has 3 aliphatic rings. The summed E-state index contributed by atoms with van der Waals surface area (Å²) in [5.41, 5.74) is 17.9. The first-order valence-electron chi connectivity index (χ1n) is 12.6. The molecule has 0 N–H and O–H groups in total. The monoisotopic (exact) mass is 450 g/mol. The van der Waals surface area contributed by atoms with Crippen LogP contribution < -0.4 is 0 Å². The maximum Gasteiger partial charge on any atom is 0.0713 e. The molecule has 0 radical (unpaired) electrons. The Balaban J connectivity index is 1.73. The number of benzene rings is 3. The molecule has 0 bridgehead atoms. The van der Waals surface area contributed by atoms with Crippen LogP contribution in [-0.4, -0.2) is 0 Å². The van der Waals surface area contributed by atoms with E-state index in [4.69, 9.17) is 0 Å². The van der Waals surface area contributed by atoms with Gasteiger partial charge in [-0.05, 0) is 108 Å². The standard InChI is InChI=1S/C35H30/c1-24-13-12-17-28(23-24)35(27-15-6-4-5-7-16-27)32-20-11-10-19-31(32)34-26(3)30(21-22-33(34)35)29-18-9-8-14-25(29)2/h4,6-8,10-17,19-23H,9,18H2,1-3H3. The Morgan fingerprint density at radius 1 is 0.800 bits per heavy atom. The molecule has 0 amide bonds. The molecule has 0 saturated heterocycles. The second kappa shape index (κ2) is 8.42. The van der Waals surface area contributed by atoms with Gasteiger partial charge in [0.25, 0.3) is 0 Å². The van der Waals surface area contributed by atoms with Crippen LogP contribution in [0.4, 0.5) is 0 Å². The molecule has 3 aromatic rings. The zero-order valence-electron chi connectivity index (χ0n) is 20.7. The summed E-state index contributed by atoms with van der Waals surface area (Å²) in [7, 11) is 0. The summed E-state index contributed by atoms with van der Waals surface area (Å²) in [6, 6.07) is 22.9. The van der Waals surface area contributed by atoms with Gasteiger partial charge in [-0.2, -0.15) is 0 Å². The maximum atomic E-state index is 3.27. The van der Waals surface area contributed by atoms with Gasteiger partial charge >= 0.3 is 0 Å². The highest BCUT2D eigenvalue weighted by Crippen LogP contribution is 2.58. The van der Waals surface area contributed by atoms with Crippen LogP contribution in [0.15, 0.2) is 120 Å². The molecule has 3 aromatic carbocycles. The second-order valence-corrected chi connectivity index (χ2v) is 9.91. The fraction of sp³-hybridized carbons (Fsp3) is 0.171. The third kappa shape index (κ3) is 3.22. The molecule has 3 aliphatic carbocycles. The molecule has 1 atom stereocenters. The van der Waals surface area contributed by atoms with Crippen LogP contribution in [0.3, 0.4) is 0 Å². The Morgan fingerprint density at radius 3 is 2.54 bits per heavy atom. The third-order valence-corrected chi connectivity index (χ3v) is 7.91. The van der Waals surface area contributed by atoms with Crippen molar-refractivity contribution in [2.45, 2.75) is 39.0 Å². The van der Waals surface area contributed by atoms with Crippen LogP contribution in [0, 0.1) is 13.8 Å². The number of rotatable bonds is 3. The molecule has 0 heteroatoms. The van der Waals surface area contributed by atoms with Crippen LogP contribution >= 0.6 is 0 Å². The maximum absolute atomic E-state index is 3.27. The smallest absolute Gasteiger partial charge is 0.0713 e. The average Bonchev–Trinajstić information content (AvgIpc) is 2.99. The van der Waals surface area contributed by atoms with Crippen molar-refractivity contribution < 1.29 is 0 Å². The van der Waals surface area contributed by atoms with E-state index in [1.165, 1.54) is 61.2 Å². The second-order valence-electron chi connectivity index (χ2n) is 9.91. The molecule has 6 rings (SSSR count). The summed E-state index contributed by atoms with van der Waals surface area (Å²) in [6.45, 7) is 6.77. The Kier molecular flexibility index (Phi) is 5.21. The van der Waals surface area contributed by atoms with Crippen molar-refractivity contribution >= 4 is 5.57 Å². The molecule has 35 heavy (non-hydrogen) atoms. The van der Waals surface area contributed by atoms with E-state index < -0.39 is 0 Å². The van der Waals surface area contributed by atoms with Crippen molar-refractivity contribution in [3.05, 3.63) is 153 Å². The molecule has 0 fully saturated rings. The number of aryl methyl sites for hydroxylation is 1. The minimum Gasteiger partial charge on any atom is -0.121 e. The Bertz CT molecular complexity index is 1540. The molecule has 1 unspecified atom stereocenters. The highest BCUT2D eigenvalue weighted by Gasteiger charge is 2.47. The number of hydrogen-bond donors (Lipinski definition) is 0. The molecule has 0 nitrogen and oxygen atoms in total. The van der Waals surface area contributed by atoms with Gasteiger partial charge in [0.2, 0.25) is 0 Å². The number of fused-ring (bicyclic) bond motifs is 3. The first-order chi connectivity index (χ1) is 17.1. The lowest BCUT2D eigenvalue weighted by Gasteiger charge is -2.35. The topological polar surface area (TPSA) is 0 Å². The molecule has 170 valence electrons. The average molecular weight is 451 g/mol. The number of allylic oxidation sites excluding steroid dienone is 9. The molecule has 0 aliphatic heterocycles. The van der Waals surface area contributed by atoms with E-state index in [2.05, 4.69) is 124 Å².